The first-order valence-corrected chi connectivity index (χ1v) is 8.94. The summed E-state index contributed by atoms with van der Waals surface area (Å²) in [6.07, 6.45) is 0.825. The molecule has 24 heavy (non-hydrogen) atoms. The topological polar surface area (TPSA) is 50.8 Å². The number of rotatable bonds is 5. The van der Waals surface area contributed by atoms with Crippen LogP contribution in [0.1, 0.15) is 19.4 Å². The molecule has 2 aliphatic rings. The molecule has 1 amide bonds. The summed E-state index contributed by atoms with van der Waals surface area (Å²) < 4.78 is 11.5. The van der Waals surface area contributed by atoms with Crippen molar-refractivity contribution in [2.75, 3.05) is 39.4 Å². The molecule has 2 aliphatic heterocycles. The Morgan fingerprint density at radius 2 is 2.21 bits per heavy atom. The van der Waals surface area contributed by atoms with Crippen LogP contribution in [0.5, 0.6) is 5.75 Å². The Labute approximate surface area is 144 Å². The van der Waals surface area contributed by atoms with Crippen molar-refractivity contribution in [1.82, 2.24) is 10.2 Å². The summed E-state index contributed by atoms with van der Waals surface area (Å²) in [5.41, 5.74) is 1.11. The minimum atomic E-state index is -0.116. The van der Waals surface area contributed by atoms with Crippen LogP contribution >= 0.6 is 0 Å². The maximum atomic E-state index is 12.4. The van der Waals surface area contributed by atoms with Crippen molar-refractivity contribution in [3.8, 4) is 5.75 Å². The molecule has 0 aromatic heterocycles. The summed E-state index contributed by atoms with van der Waals surface area (Å²) in [6.45, 7) is 9.19. The highest BCUT2D eigenvalue weighted by Crippen LogP contribution is 2.26. The summed E-state index contributed by atoms with van der Waals surface area (Å²) in [6, 6.07) is 7.94. The maximum absolute atomic E-state index is 12.4. The van der Waals surface area contributed by atoms with Crippen molar-refractivity contribution in [3.63, 3.8) is 0 Å². The lowest BCUT2D eigenvalue weighted by Gasteiger charge is -2.34. The minimum absolute atomic E-state index is 0.0640. The normalized spacial score (nSPS) is 24.3. The van der Waals surface area contributed by atoms with Gasteiger partial charge in [-0.1, -0.05) is 32.0 Å². The van der Waals surface area contributed by atoms with Gasteiger partial charge in [0.1, 0.15) is 12.4 Å². The van der Waals surface area contributed by atoms with E-state index in [0.29, 0.717) is 19.1 Å². The van der Waals surface area contributed by atoms with Crippen molar-refractivity contribution < 1.29 is 14.3 Å². The number of nitrogens with zero attached hydrogens (tertiary/aromatic N) is 1. The first-order valence-electron chi connectivity index (χ1n) is 8.94. The predicted molar refractivity (Wildman–Crippen MR) is 93.2 cm³/mol. The Balaban J connectivity index is 1.46. The highest BCUT2D eigenvalue weighted by Gasteiger charge is 2.27. The number of ether oxygens (including phenoxy) is 2. The van der Waals surface area contributed by atoms with Gasteiger partial charge in [-0.05, 0) is 24.0 Å². The van der Waals surface area contributed by atoms with Gasteiger partial charge in [-0.3, -0.25) is 9.69 Å². The van der Waals surface area contributed by atoms with Crippen LogP contribution in [-0.2, 0) is 16.0 Å². The van der Waals surface area contributed by atoms with Gasteiger partial charge in [0.25, 0.3) is 0 Å². The first kappa shape index (κ1) is 17.2. The molecule has 0 bridgehead atoms. The van der Waals surface area contributed by atoms with Crippen LogP contribution in [0.3, 0.4) is 0 Å². The van der Waals surface area contributed by atoms with E-state index in [4.69, 9.17) is 9.47 Å². The van der Waals surface area contributed by atoms with E-state index in [9.17, 15) is 4.79 Å². The molecule has 1 N–H and O–H groups in total. The fourth-order valence-electron chi connectivity index (χ4n) is 3.44. The van der Waals surface area contributed by atoms with E-state index in [1.807, 2.05) is 24.3 Å². The fraction of sp³-hybridized carbons (Fsp3) is 0.632. The number of hydrogen-bond donors (Lipinski definition) is 1. The average Bonchev–Trinajstić information content (AvgIpc) is 2.59. The number of amides is 1. The van der Waals surface area contributed by atoms with Crippen molar-refractivity contribution in [1.29, 1.82) is 0 Å². The molecule has 132 valence electrons. The summed E-state index contributed by atoms with van der Waals surface area (Å²) >= 11 is 0. The molecule has 3 rings (SSSR count). The lowest BCUT2D eigenvalue weighted by molar-refractivity contribution is -0.127. The van der Waals surface area contributed by atoms with E-state index in [0.717, 1.165) is 44.0 Å². The van der Waals surface area contributed by atoms with Gasteiger partial charge < -0.3 is 14.8 Å². The molecule has 1 aromatic carbocycles. The summed E-state index contributed by atoms with van der Waals surface area (Å²) in [5.74, 6) is 1.50. The first-order chi connectivity index (χ1) is 11.6. The monoisotopic (exact) mass is 332 g/mol. The number of hydrogen-bond acceptors (Lipinski definition) is 4. The minimum Gasteiger partial charge on any atom is -0.492 e. The zero-order valence-electron chi connectivity index (χ0n) is 14.7. The number of carbonyl (C=O) groups is 1. The highest BCUT2D eigenvalue weighted by molar-refractivity contribution is 5.79. The van der Waals surface area contributed by atoms with Gasteiger partial charge in [-0.25, -0.2) is 0 Å². The molecular formula is C19H28N2O3. The molecule has 5 heteroatoms. The van der Waals surface area contributed by atoms with Crippen LogP contribution < -0.4 is 10.1 Å². The lowest BCUT2D eigenvalue weighted by Crippen LogP contribution is -2.49. The second-order valence-electron chi connectivity index (χ2n) is 7.21. The molecule has 0 spiro atoms. The van der Waals surface area contributed by atoms with Crippen molar-refractivity contribution in [2.24, 2.45) is 11.8 Å². The van der Waals surface area contributed by atoms with Gasteiger partial charge in [0.2, 0.25) is 5.91 Å². The molecule has 2 unspecified atom stereocenters. The highest BCUT2D eigenvalue weighted by atomic mass is 16.5. The number of nitrogens with one attached hydrogen (secondary N) is 1. The molecule has 2 heterocycles. The van der Waals surface area contributed by atoms with Crippen LogP contribution in [0.4, 0.5) is 0 Å². The third-order valence-corrected chi connectivity index (χ3v) is 4.60. The van der Waals surface area contributed by atoms with Crippen LogP contribution in [-0.4, -0.2) is 56.3 Å². The predicted octanol–water partition coefficient (Wildman–Crippen LogP) is 1.71. The number of morpholine rings is 1. The zero-order chi connectivity index (χ0) is 16.9. The van der Waals surface area contributed by atoms with Crippen molar-refractivity contribution in [2.45, 2.75) is 26.4 Å². The Hall–Kier alpha value is -1.59. The average molecular weight is 332 g/mol. The fourth-order valence-corrected chi connectivity index (χ4v) is 3.44. The second-order valence-corrected chi connectivity index (χ2v) is 7.21. The van der Waals surface area contributed by atoms with Crippen LogP contribution in [0.25, 0.3) is 0 Å². The van der Waals surface area contributed by atoms with Gasteiger partial charge in [-0.15, -0.1) is 0 Å². The smallest absolute Gasteiger partial charge is 0.226 e. The third-order valence-electron chi connectivity index (χ3n) is 4.60. The number of para-hydroxylation sites is 1. The van der Waals surface area contributed by atoms with Gasteiger partial charge >= 0.3 is 0 Å². The zero-order valence-corrected chi connectivity index (χ0v) is 14.7. The SMILES string of the molecule is CC(C)CN1CCOC(CNC(=O)C2COc3ccccc3C2)C1. The third kappa shape index (κ3) is 4.48. The number of fused-ring (bicyclic) bond motifs is 1. The second kappa shape index (κ2) is 7.99. The lowest BCUT2D eigenvalue weighted by atomic mass is 9.96. The van der Waals surface area contributed by atoms with Gasteiger partial charge in [-0.2, -0.15) is 0 Å². The largest absolute Gasteiger partial charge is 0.492 e. The van der Waals surface area contributed by atoms with E-state index in [1.54, 1.807) is 0 Å². The summed E-state index contributed by atoms with van der Waals surface area (Å²) in [4.78, 5) is 14.9. The molecule has 1 saturated heterocycles. The molecule has 0 saturated carbocycles. The Morgan fingerprint density at radius 1 is 1.38 bits per heavy atom. The van der Waals surface area contributed by atoms with E-state index in [1.165, 1.54) is 0 Å². The van der Waals surface area contributed by atoms with Crippen LogP contribution in [0.2, 0.25) is 0 Å². The maximum Gasteiger partial charge on any atom is 0.226 e. The summed E-state index contributed by atoms with van der Waals surface area (Å²) in [5, 5.41) is 3.06. The molecule has 5 nitrogen and oxygen atoms in total. The van der Waals surface area contributed by atoms with Crippen LogP contribution in [0.15, 0.2) is 24.3 Å². The van der Waals surface area contributed by atoms with Gasteiger partial charge in [0, 0.05) is 26.2 Å². The molecule has 1 fully saturated rings. The van der Waals surface area contributed by atoms with E-state index >= 15 is 0 Å². The van der Waals surface area contributed by atoms with Crippen molar-refractivity contribution >= 4 is 5.91 Å². The quantitative estimate of drug-likeness (QED) is 0.892. The van der Waals surface area contributed by atoms with E-state index in [2.05, 4.69) is 24.1 Å². The Bertz CT molecular complexity index is 561. The van der Waals surface area contributed by atoms with Gasteiger partial charge in [0.15, 0.2) is 0 Å². The van der Waals surface area contributed by atoms with Crippen molar-refractivity contribution in [3.05, 3.63) is 29.8 Å². The van der Waals surface area contributed by atoms with Gasteiger partial charge in [0.05, 0.1) is 18.6 Å². The number of benzene rings is 1. The summed E-state index contributed by atoms with van der Waals surface area (Å²) in [7, 11) is 0. The Kier molecular flexibility index (Phi) is 5.74. The molecular weight excluding hydrogens is 304 g/mol. The van der Waals surface area contributed by atoms with Crippen LogP contribution in [0, 0.1) is 11.8 Å². The molecule has 2 atom stereocenters. The van der Waals surface area contributed by atoms with E-state index in [-0.39, 0.29) is 17.9 Å². The number of carbonyl (C=O) groups excluding carboxylic acids is 1. The molecule has 0 radical (unpaired) electrons. The molecule has 1 aromatic rings. The standard InChI is InChI=1S/C19H28N2O3/c1-14(2)11-21-7-8-23-17(12-21)10-20-19(22)16-9-15-5-3-4-6-18(15)24-13-16/h3-6,14,16-17H,7-13H2,1-2H3,(H,20,22). The molecule has 0 aliphatic carbocycles. The Morgan fingerprint density at radius 3 is 3.04 bits per heavy atom. The van der Waals surface area contributed by atoms with E-state index < -0.39 is 0 Å².